The zero-order valence-corrected chi connectivity index (χ0v) is 16.8. The van der Waals surface area contributed by atoms with E-state index in [2.05, 4.69) is 19.8 Å². The molecule has 0 saturated heterocycles. The molecule has 0 spiro atoms. The predicted octanol–water partition coefficient (Wildman–Crippen LogP) is 2.95. The van der Waals surface area contributed by atoms with E-state index in [1.807, 2.05) is 13.0 Å². The minimum atomic E-state index is -1.61. The van der Waals surface area contributed by atoms with E-state index in [1.54, 1.807) is 28.9 Å². The first-order chi connectivity index (χ1) is 13.0. The molecule has 5 heteroatoms. The lowest BCUT2D eigenvalue weighted by molar-refractivity contribution is 0.0392. The number of rotatable bonds is 1. The summed E-state index contributed by atoms with van der Waals surface area (Å²) in [4.78, 5) is 27.1. The molecule has 4 rings (SSSR count). The Labute approximate surface area is 164 Å². The number of fused-ring (bicyclic) bond motifs is 4. The fraction of sp³-hybridized carbons (Fsp3) is 0.478. The number of benzene rings is 1. The molecule has 146 valence electrons. The van der Waals surface area contributed by atoms with Crippen molar-refractivity contribution in [3.8, 4) is 12.3 Å². The van der Waals surface area contributed by atoms with Crippen molar-refractivity contribution in [3.05, 3.63) is 56.6 Å². The third-order valence-electron chi connectivity index (χ3n) is 6.70. The number of hydrogen-bond acceptors (Lipinski definition) is 3. The van der Waals surface area contributed by atoms with Crippen LogP contribution in [0.2, 0.25) is 0 Å². The Morgan fingerprint density at radius 3 is 2.36 bits per heavy atom. The molecule has 28 heavy (non-hydrogen) atoms. The van der Waals surface area contributed by atoms with E-state index in [0.717, 1.165) is 24.8 Å². The molecule has 5 nitrogen and oxygen atoms in total. The molecule has 1 fully saturated rings. The second kappa shape index (κ2) is 5.71. The summed E-state index contributed by atoms with van der Waals surface area (Å²) in [5.41, 5.74) is -1.88. The molecule has 1 N–H and O–H groups in total. The molecule has 1 saturated carbocycles. The predicted molar refractivity (Wildman–Crippen MR) is 110 cm³/mol. The summed E-state index contributed by atoms with van der Waals surface area (Å²) in [6, 6.07) is 6.04. The van der Waals surface area contributed by atoms with E-state index in [1.165, 1.54) is 11.6 Å². The average Bonchev–Trinajstić information content (AvgIpc) is 2.64. The Hall–Kier alpha value is -2.58. The first-order valence-electron chi connectivity index (χ1n) is 9.74. The maximum Gasteiger partial charge on any atom is 0.274 e. The van der Waals surface area contributed by atoms with Crippen LogP contribution in [0.1, 0.15) is 53.0 Å². The lowest BCUT2D eigenvalue weighted by Crippen LogP contribution is -2.59. The van der Waals surface area contributed by atoms with Crippen LogP contribution in [-0.4, -0.2) is 20.1 Å². The molecule has 2 aromatic rings. The summed E-state index contributed by atoms with van der Waals surface area (Å²) in [7, 11) is 0. The number of hydrogen-bond donors (Lipinski definition) is 1. The van der Waals surface area contributed by atoms with Crippen LogP contribution >= 0.6 is 0 Å². The first kappa shape index (κ1) is 18.8. The molecule has 0 amide bonds. The van der Waals surface area contributed by atoms with Gasteiger partial charge in [0.25, 0.3) is 11.1 Å². The van der Waals surface area contributed by atoms with Crippen molar-refractivity contribution in [1.29, 1.82) is 0 Å². The van der Waals surface area contributed by atoms with Crippen molar-refractivity contribution in [3.63, 3.8) is 0 Å². The van der Waals surface area contributed by atoms with Crippen molar-refractivity contribution in [1.82, 2.24) is 9.36 Å². The highest BCUT2D eigenvalue weighted by molar-refractivity contribution is 5.80. The molecule has 1 aromatic carbocycles. The van der Waals surface area contributed by atoms with Gasteiger partial charge in [0.1, 0.15) is 11.6 Å². The van der Waals surface area contributed by atoms with Crippen molar-refractivity contribution < 1.29 is 5.11 Å². The van der Waals surface area contributed by atoms with Crippen LogP contribution in [0.3, 0.4) is 0 Å². The maximum atomic E-state index is 13.6. The Balaban J connectivity index is 2.22. The molecule has 0 radical (unpaired) electrons. The Bertz CT molecular complexity index is 1170. The van der Waals surface area contributed by atoms with Crippen LogP contribution in [0.4, 0.5) is 0 Å². The number of nitrogens with zero attached hydrogens (tertiary/aromatic N) is 2. The molecule has 2 heterocycles. The van der Waals surface area contributed by atoms with Gasteiger partial charge < -0.3 is 5.11 Å². The molecular formula is C23H26N2O3. The average molecular weight is 378 g/mol. The standard InChI is InChI=1S/C23H26N2O3/c1-6-23(5,28)18-14-17-21(2,3)12-9-13-22(17,4)25-20(27)16-11-8-7-10-15(16)19(26)24(18)25/h1,7-8,10-11,14,18,28H,9,12-13H2,2-5H3/t18-,22+,23+/m1/s1. The normalized spacial score (nSPS) is 27.9. The summed E-state index contributed by atoms with van der Waals surface area (Å²) in [6.45, 7) is 7.84. The van der Waals surface area contributed by atoms with Gasteiger partial charge in [-0.15, -0.1) is 6.42 Å². The summed E-state index contributed by atoms with van der Waals surface area (Å²) >= 11 is 0. The first-order valence-corrected chi connectivity index (χ1v) is 9.74. The minimum Gasteiger partial charge on any atom is -0.375 e. The number of allylic oxidation sites excluding steroid dienone is 1. The maximum absolute atomic E-state index is 13.6. The Kier molecular flexibility index (Phi) is 3.83. The quantitative estimate of drug-likeness (QED) is 0.613. The van der Waals surface area contributed by atoms with Crippen LogP contribution in [-0.2, 0) is 5.54 Å². The van der Waals surface area contributed by atoms with Crippen molar-refractivity contribution in [2.24, 2.45) is 5.41 Å². The molecule has 1 aliphatic heterocycles. The lowest BCUT2D eigenvalue weighted by Gasteiger charge is -2.52. The number of aromatic nitrogens is 2. The van der Waals surface area contributed by atoms with E-state index in [0.29, 0.717) is 10.8 Å². The monoisotopic (exact) mass is 378 g/mol. The zero-order chi connectivity index (χ0) is 20.5. The van der Waals surface area contributed by atoms with Crippen LogP contribution in [0.25, 0.3) is 10.8 Å². The van der Waals surface area contributed by atoms with Crippen LogP contribution in [0.5, 0.6) is 0 Å². The van der Waals surface area contributed by atoms with Crippen molar-refractivity contribution >= 4 is 10.8 Å². The highest BCUT2D eigenvalue weighted by atomic mass is 16.3. The van der Waals surface area contributed by atoms with Gasteiger partial charge in [0.05, 0.1) is 16.3 Å². The summed E-state index contributed by atoms with van der Waals surface area (Å²) in [6.07, 6.45) is 10.3. The third-order valence-corrected chi connectivity index (χ3v) is 6.70. The second-order valence-corrected chi connectivity index (χ2v) is 9.14. The van der Waals surface area contributed by atoms with Gasteiger partial charge in [0.2, 0.25) is 0 Å². The van der Waals surface area contributed by atoms with Gasteiger partial charge in [0.15, 0.2) is 0 Å². The van der Waals surface area contributed by atoms with Gasteiger partial charge in [-0.2, -0.15) is 0 Å². The minimum absolute atomic E-state index is 0.164. The molecule has 1 aliphatic carbocycles. The summed E-state index contributed by atoms with van der Waals surface area (Å²) < 4.78 is 2.97. The molecule has 0 unspecified atom stereocenters. The fourth-order valence-electron chi connectivity index (χ4n) is 5.21. The highest BCUT2D eigenvalue weighted by Gasteiger charge is 2.50. The molecular weight excluding hydrogens is 352 g/mol. The van der Waals surface area contributed by atoms with Gasteiger partial charge in [0, 0.05) is 0 Å². The summed E-state index contributed by atoms with van der Waals surface area (Å²) in [5, 5.41) is 11.7. The summed E-state index contributed by atoms with van der Waals surface area (Å²) in [5.74, 6) is 2.42. The van der Waals surface area contributed by atoms with Gasteiger partial charge in [-0.3, -0.25) is 9.59 Å². The van der Waals surface area contributed by atoms with Gasteiger partial charge in [-0.25, -0.2) is 9.36 Å². The van der Waals surface area contributed by atoms with Crippen LogP contribution in [0, 0.1) is 17.8 Å². The molecule has 3 atom stereocenters. The van der Waals surface area contributed by atoms with Crippen LogP contribution in [0.15, 0.2) is 45.5 Å². The van der Waals surface area contributed by atoms with Crippen molar-refractivity contribution in [2.75, 3.05) is 0 Å². The SMILES string of the molecule is C#C[C@](C)(O)[C@H]1C=C2C(C)(C)CCC[C@]2(C)n2c(=O)c3ccccc3c(=O)n21. The number of terminal acetylenes is 1. The van der Waals surface area contributed by atoms with E-state index in [-0.39, 0.29) is 16.5 Å². The zero-order valence-electron chi connectivity index (χ0n) is 16.8. The Morgan fingerprint density at radius 1 is 1.14 bits per heavy atom. The molecule has 0 bridgehead atoms. The van der Waals surface area contributed by atoms with E-state index in [9.17, 15) is 14.7 Å². The molecule has 1 aromatic heterocycles. The third kappa shape index (κ3) is 2.31. The largest absolute Gasteiger partial charge is 0.375 e. The smallest absolute Gasteiger partial charge is 0.274 e. The van der Waals surface area contributed by atoms with E-state index < -0.39 is 17.2 Å². The van der Waals surface area contributed by atoms with Gasteiger partial charge >= 0.3 is 0 Å². The van der Waals surface area contributed by atoms with Crippen molar-refractivity contribution in [2.45, 2.75) is 64.1 Å². The Morgan fingerprint density at radius 2 is 1.75 bits per heavy atom. The van der Waals surface area contributed by atoms with Crippen LogP contribution < -0.4 is 11.1 Å². The highest BCUT2D eigenvalue weighted by Crippen LogP contribution is 2.52. The number of aliphatic hydroxyl groups is 1. The topological polar surface area (TPSA) is 64.2 Å². The van der Waals surface area contributed by atoms with E-state index in [4.69, 9.17) is 6.42 Å². The molecule has 2 aliphatic rings. The van der Waals surface area contributed by atoms with E-state index >= 15 is 0 Å². The fourth-order valence-corrected chi connectivity index (χ4v) is 5.21. The van der Waals surface area contributed by atoms with Gasteiger partial charge in [-0.1, -0.05) is 38.0 Å². The van der Waals surface area contributed by atoms with Gasteiger partial charge in [-0.05, 0) is 56.2 Å². The lowest BCUT2D eigenvalue weighted by atomic mass is 9.63. The second-order valence-electron chi connectivity index (χ2n) is 9.14.